The summed E-state index contributed by atoms with van der Waals surface area (Å²) >= 11 is 0. The minimum atomic E-state index is -0.483. The number of imidazole rings is 1. The van der Waals surface area contributed by atoms with E-state index >= 15 is 0 Å². The van der Waals surface area contributed by atoms with E-state index in [0.29, 0.717) is 5.82 Å². The Morgan fingerprint density at radius 2 is 2.11 bits per heavy atom. The third-order valence-corrected chi connectivity index (χ3v) is 3.14. The highest BCUT2D eigenvalue weighted by atomic mass is 16.1. The Kier molecular flexibility index (Phi) is 3.32. The number of carbonyl (C=O) groups is 1. The molecule has 1 atom stereocenters. The number of aromatic amines is 1. The van der Waals surface area contributed by atoms with Crippen LogP contribution in [0.4, 0.5) is 0 Å². The Labute approximate surface area is 112 Å². The fraction of sp³-hybridized carbons (Fsp3) is 0.429. The molecule has 2 rings (SSSR count). The topological polar surface area (TPSA) is 97.8 Å². The molecule has 0 fully saturated rings. The van der Waals surface area contributed by atoms with E-state index in [1.807, 2.05) is 6.07 Å². The number of nitrogens with zero attached hydrogens (tertiary/aromatic N) is 1. The number of aromatic nitrogens is 2. The number of nitrogens with two attached hydrogens (primary N) is 2. The molecule has 0 bridgehead atoms. The number of benzene rings is 1. The average molecular weight is 260 g/mol. The minimum Gasteiger partial charge on any atom is -0.370 e. The van der Waals surface area contributed by atoms with Crippen LogP contribution >= 0.6 is 0 Å². The van der Waals surface area contributed by atoms with Gasteiger partial charge < -0.3 is 16.5 Å². The summed E-state index contributed by atoms with van der Waals surface area (Å²) in [5.41, 5.74) is 14.1. The molecule has 2 aromatic rings. The Hall–Kier alpha value is -1.88. The van der Waals surface area contributed by atoms with E-state index in [-0.39, 0.29) is 11.8 Å². The van der Waals surface area contributed by atoms with Crippen LogP contribution in [0.1, 0.15) is 44.6 Å². The van der Waals surface area contributed by atoms with Gasteiger partial charge in [-0.15, -0.1) is 0 Å². The Morgan fingerprint density at radius 1 is 1.42 bits per heavy atom. The lowest BCUT2D eigenvalue weighted by atomic mass is 9.87. The van der Waals surface area contributed by atoms with Gasteiger partial charge in [-0.25, -0.2) is 4.98 Å². The quantitative estimate of drug-likeness (QED) is 0.783. The molecule has 0 aliphatic heterocycles. The molecule has 0 spiro atoms. The van der Waals surface area contributed by atoms with Crippen LogP contribution in [-0.4, -0.2) is 15.9 Å². The van der Waals surface area contributed by atoms with Gasteiger partial charge in [0.25, 0.3) is 0 Å². The van der Waals surface area contributed by atoms with E-state index in [1.54, 1.807) is 0 Å². The standard InChI is InChI=1S/C14H20N4O/c1-14(2,3)8-4-5-10-11(6-8)18-13(17-10)9(15)7-12(16)19/h4-6,9H,7,15H2,1-3H3,(H2,16,19)(H,17,18). The second-order valence-corrected chi connectivity index (χ2v) is 5.88. The zero-order chi connectivity index (χ0) is 14.2. The molecule has 1 heterocycles. The lowest BCUT2D eigenvalue weighted by molar-refractivity contribution is -0.118. The molecule has 1 unspecified atom stereocenters. The van der Waals surface area contributed by atoms with Crippen molar-refractivity contribution in [1.82, 2.24) is 9.97 Å². The van der Waals surface area contributed by atoms with E-state index in [2.05, 4.69) is 42.9 Å². The van der Waals surface area contributed by atoms with Gasteiger partial charge in [-0.05, 0) is 23.1 Å². The molecule has 102 valence electrons. The number of carbonyl (C=O) groups excluding carboxylic acids is 1. The second kappa shape index (κ2) is 4.66. The number of amides is 1. The SMILES string of the molecule is CC(C)(C)c1ccc2nc(C(N)CC(N)=O)[nH]c2c1. The fourth-order valence-corrected chi connectivity index (χ4v) is 1.98. The van der Waals surface area contributed by atoms with Crippen LogP contribution in [0.3, 0.4) is 0 Å². The lowest BCUT2D eigenvalue weighted by Crippen LogP contribution is -2.21. The zero-order valence-electron chi connectivity index (χ0n) is 11.5. The number of primary amides is 1. The first-order valence-corrected chi connectivity index (χ1v) is 6.31. The van der Waals surface area contributed by atoms with Crippen molar-refractivity contribution in [3.63, 3.8) is 0 Å². The predicted octanol–water partition coefficient (Wildman–Crippen LogP) is 1.74. The van der Waals surface area contributed by atoms with Gasteiger partial charge in [-0.3, -0.25) is 4.79 Å². The molecule has 0 saturated heterocycles. The van der Waals surface area contributed by atoms with Gasteiger partial charge in [0.15, 0.2) is 0 Å². The largest absolute Gasteiger partial charge is 0.370 e. The van der Waals surface area contributed by atoms with Gasteiger partial charge in [-0.2, -0.15) is 0 Å². The molecule has 1 amide bonds. The molecule has 0 aliphatic carbocycles. The highest BCUT2D eigenvalue weighted by Crippen LogP contribution is 2.26. The molecule has 0 saturated carbocycles. The van der Waals surface area contributed by atoms with Crippen molar-refractivity contribution in [3.05, 3.63) is 29.6 Å². The number of rotatable bonds is 3. The van der Waals surface area contributed by atoms with Crippen LogP contribution in [-0.2, 0) is 10.2 Å². The number of hydrogen-bond donors (Lipinski definition) is 3. The lowest BCUT2D eigenvalue weighted by Gasteiger charge is -2.18. The first-order valence-electron chi connectivity index (χ1n) is 6.31. The Bertz CT molecular complexity index is 609. The Balaban J connectivity index is 2.38. The van der Waals surface area contributed by atoms with Gasteiger partial charge >= 0.3 is 0 Å². The summed E-state index contributed by atoms with van der Waals surface area (Å²) in [6, 6.07) is 5.62. The molecule has 5 N–H and O–H groups in total. The predicted molar refractivity (Wildman–Crippen MR) is 75.5 cm³/mol. The van der Waals surface area contributed by atoms with Crippen LogP contribution < -0.4 is 11.5 Å². The molecule has 19 heavy (non-hydrogen) atoms. The number of fused-ring (bicyclic) bond motifs is 1. The zero-order valence-corrected chi connectivity index (χ0v) is 11.5. The number of hydrogen-bond acceptors (Lipinski definition) is 3. The van der Waals surface area contributed by atoms with Gasteiger partial charge in [0.2, 0.25) is 5.91 Å². The van der Waals surface area contributed by atoms with Crippen LogP contribution in [0.15, 0.2) is 18.2 Å². The van der Waals surface area contributed by atoms with Crippen LogP contribution in [0.25, 0.3) is 11.0 Å². The Morgan fingerprint density at radius 3 is 2.68 bits per heavy atom. The van der Waals surface area contributed by atoms with E-state index < -0.39 is 11.9 Å². The average Bonchev–Trinajstić information content (AvgIpc) is 2.69. The van der Waals surface area contributed by atoms with Gasteiger partial charge in [0, 0.05) is 6.42 Å². The first-order chi connectivity index (χ1) is 8.77. The third kappa shape index (κ3) is 2.93. The highest BCUT2D eigenvalue weighted by Gasteiger charge is 2.17. The number of H-pyrrole nitrogens is 1. The maximum atomic E-state index is 10.9. The summed E-state index contributed by atoms with van der Waals surface area (Å²) in [5.74, 6) is 0.170. The smallest absolute Gasteiger partial charge is 0.219 e. The minimum absolute atomic E-state index is 0.0782. The molecule has 5 heteroatoms. The molecule has 0 radical (unpaired) electrons. The van der Waals surface area contributed by atoms with Crippen LogP contribution in [0, 0.1) is 0 Å². The monoisotopic (exact) mass is 260 g/mol. The maximum Gasteiger partial charge on any atom is 0.219 e. The van der Waals surface area contributed by atoms with Crippen molar-refractivity contribution in [2.24, 2.45) is 11.5 Å². The van der Waals surface area contributed by atoms with Crippen LogP contribution in [0.5, 0.6) is 0 Å². The summed E-state index contributed by atoms with van der Waals surface area (Å²) < 4.78 is 0. The van der Waals surface area contributed by atoms with Crippen molar-refractivity contribution in [2.75, 3.05) is 0 Å². The van der Waals surface area contributed by atoms with Crippen molar-refractivity contribution < 1.29 is 4.79 Å². The molecule has 1 aromatic heterocycles. The van der Waals surface area contributed by atoms with E-state index in [1.165, 1.54) is 5.56 Å². The van der Waals surface area contributed by atoms with E-state index in [9.17, 15) is 4.79 Å². The van der Waals surface area contributed by atoms with Crippen LogP contribution in [0.2, 0.25) is 0 Å². The van der Waals surface area contributed by atoms with Crippen molar-refractivity contribution in [1.29, 1.82) is 0 Å². The van der Waals surface area contributed by atoms with Crippen molar-refractivity contribution in [3.8, 4) is 0 Å². The summed E-state index contributed by atoms with van der Waals surface area (Å²) in [4.78, 5) is 18.5. The fourth-order valence-electron chi connectivity index (χ4n) is 1.98. The maximum absolute atomic E-state index is 10.9. The summed E-state index contributed by atoms with van der Waals surface area (Å²) in [6.45, 7) is 6.47. The third-order valence-electron chi connectivity index (χ3n) is 3.14. The summed E-state index contributed by atoms with van der Waals surface area (Å²) in [6.07, 6.45) is 0.0892. The van der Waals surface area contributed by atoms with Crippen molar-refractivity contribution >= 4 is 16.9 Å². The second-order valence-electron chi connectivity index (χ2n) is 5.88. The van der Waals surface area contributed by atoms with Gasteiger partial charge in [-0.1, -0.05) is 26.8 Å². The normalized spacial score (nSPS) is 13.7. The summed E-state index contributed by atoms with van der Waals surface area (Å²) in [5, 5.41) is 0. The number of nitrogens with one attached hydrogen (secondary N) is 1. The van der Waals surface area contributed by atoms with E-state index in [0.717, 1.165) is 11.0 Å². The van der Waals surface area contributed by atoms with Gasteiger partial charge in [0.1, 0.15) is 5.82 Å². The first kappa shape index (κ1) is 13.5. The summed E-state index contributed by atoms with van der Waals surface area (Å²) in [7, 11) is 0. The highest BCUT2D eigenvalue weighted by molar-refractivity contribution is 5.77. The van der Waals surface area contributed by atoms with Crippen molar-refractivity contribution in [2.45, 2.75) is 38.6 Å². The van der Waals surface area contributed by atoms with Gasteiger partial charge in [0.05, 0.1) is 17.1 Å². The molecular weight excluding hydrogens is 240 g/mol. The molecule has 5 nitrogen and oxygen atoms in total. The molecule has 1 aromatic carbocycles. The molecule has 0 aliphatic rings. The molecular formula is C14H20N4O. The van der Waals surface area contributed by atoms with E-state index in [4.69, 9.17) is 11.5 Å².